The maximum Gasteiger partial charge on any atom is 0.251 e. The van der Waals surface area contributed by atoms with Gasteiger partial charge in [0.25, 0.3) is 5.91 Å². The fourth-order valence-corrected chi connectivity index (χ4v) is 4.41. The molecule has 1 amide bonds. The number of hydrogen-bond acceptors (Lipinski definition) is 5. The quantitative estimate of drug-likeness (QED) is 0.710. The van der Waals surface area contributed by atoms with E-state index in [9.17, 15) is 9.90 Å². The minimum absolute atomic E-state index is 0.130. The number of aliphatic hydroxyl groups is 1. The summed E-state index contributed by atoms with van der Waals surface area (Å²) in [6.45, 7) is 7.93. The molecule has 0 aliphatic carbocycles. The van der Waals surface area contributed by atoms with Crippen LogP contribution in [0.2, 0.25) is 0 Å². The summed E-state index contributed by atoms with van der Waals surface area (Å²) in [5, 5.41) is 13.3. The zero-order valence-corrected chi connectivity index (χ0v) is 18.5. The van der Waals surface area contributed by atoms with Crippen molar-refractivity contribution in [2.75, 3.05) is 52.9 Å². The average molecular weight is 423 g/mol. The summed E-state index contributed by atoms with van der Waals surface area (Å²) in [4.78, 5) is 19.5. The Morgan fingerprint density at radius 1 is 0.968 bits per heavy atom. The van der Waals surface area contributed by atoms with E-state index in [4.69, 9.17) is 0 Å². The van der Waals surface area contributed by atoms with Gasteiger partial charge in [0.15, 0.2) is 0 Å². The van der Waals surface area contributed by atoms with Gasteiger partial charge < -0.3 is 15.3 Å². The van der Waals surface area contributed by atoms with Crippen LogP contribution < -0.4 is 5.32 Å². The van der Waals surface area contributed by atoms with E-state index < -0.39 is 6.10 Å². The van der Waals surface area contributed by atoms with Gasteiger partial charge in [-0.05, 0) is 42.3 Å². The summed E-state index contributed by atoms with van der Waals surface area (Å²) < 4.78 is 0. The van der Waals surface area contributed by atoms with Crippen LogP contribution in [0.4, 0.5) is 0 Å². The third-order valence-electron chi connectivity index (χ3n) is 6.40. The molecule has 0 aromatic heterocycles. The first kappa shape index (κ1) is 22.0. The highest BCUT2D eigenvalue weighted by Gasteiger charge is 2.19. The fourth-order valence-electron chi connectivity index (χ4n) is 4.41. The number of carbonyl (C=O) groups is 1. The second kappa shape index (κ2) is 10.4. The van der Waals surface area contributed by atoms with Crippen molar-refractivity contribution in [1.82, 2.24) is 20.0 Å². The molecule has 1 fully saturated rings. The Hall–Kier alpha value is -2.25. The van der Waals surface area contributed by atoms with Gasteiger partial charge in [-0.1, -0.05) is 36.4 Å². The molecule has 6 heteroatoms. The van der Waals surface area contributed by atoms with Crippen LogP contribution in [-0.4, -0.2) is 84.7 Å². The van der Waals surface area contributed by atoms with Crippen LogP contribution in [0.5, 0.6) is 0 Å². The molecular formula is C25H34N4O2. The summed E-state index contributed by atoms with van der Waals surface area (Å²) in [6, 6.07) is 16.3. The molecule has 2 N–H and O–H groups in total. The van der Waals surface area contributed by atoms with E-state index in [2.05, 4.69) is 51.3 Å². The van der Waals surface area contributed by atoms with E-state index in [1.807, 2.05) is 24.3 Å². The van der Waals surface area contributed by atoms with Crippen LogP contribution in [-0.2, 0) is 19.5 Å². The Balaban J connectivity index is 1.20. The minimum atomic E-state index is -0.578. The Morgan fingerprint density at radius 3 is 2.42 bits per heavy atom. The van der Waals surface area contributed by atoms with Crippen molar-refractivity contribution < 1.29 is 9.90 Å². The molecule has 0 radical (unpaired) electrons. The maximum atomic E-state index is 12.5. The van der Waals surface area contributed by atoms with Crippen molar-refractivity contribution in [2.45, 2.75) is 25.6 Å². The number of hydrogen-bond donors (Lipinski definition) is 2. The standard InChI is InChI=1S/C25H34N4O2/c1-27-12-14-28(15-13-27)17-20-6-8-22(9-7-20)25(31)26-16-24(30)19-29-11-10-21-4-2-3-5-23(21)18-29/h2-9,24,30H,10-19H2,1H3,(H,26,31). The second-order valence-electron chi connectivity index (χ2n) is 8.89. The third-order valence-corrected chi connectivity index (χ3v) is 6.40. The van der Waals surface area contributed by atoms with Crippen molar-refractivity contribution in [2.24, 2.45) is 0 Å². The van der Waals surface area contributed by atoms with Gasteiger partial charge in [0.1, 0.15) is 0 Å². The smallest absolute Gasteiger partial charge is 0.251 e. The summed E-state index contributed by atoms with van der Waals surface area (Å²) in [5.74, 6) is -0.130. The lowest BCUT2D eigenvalue weighted by Crippen LogP contribution is -2.43. The van der Waals surface area contributed by atoms with Crippen LogP contribution in [0.3, 0.4) is 0 Å². The number of aliphatic hydroxyl groups excluding tert-OH is 1. The van der Waals surface area contributed by atoms with E-state index >= 15 is 0 Å². The summed E-state index contributed by atoms with van der Waals surface area (Å²) >= 11 is 0. The van der Waals surface area contributed by atoms with Crippen molar-refractivity contribution in [3.05, 3.63) is 70.8 Å². The Morgan fingerprint density at radius 2 is 1.68 bits per heavy atom. The molecule has 6 nitrogen and oxygen atoms in total. The topological polar surface area (TPSA) is 59.1 Å². The number of β-amino-alcohol motifs (C(OH)–C–C–N with tert-alkyl or cyclic N) is 1. The first-order valence-corrected chi connectivity index (χ1v) is 11.3. The molecule has 0 saturated carbocycles. The molecule has 1 saturated heterocycles. The van der Waals surface area contributed by atoms with E-state index in [1.165, 1.54) is 16.7 Å². The van der Waals surface area contributed by atoms with Crippen LogP contribution in [0.1, 0.15) is 27.0 Å². The zero-order valence-electron chi connectivity index (χ0n) is 18.5. The number of piperazine rings is 1. The van der Waals surface area contributed by atoms with Gasteiger partial charge in [-0.25, -0.2) is 0 Å². The second-order valence-corrected chi connectivity index (χ2v) is 8.89. The molecule has 1 atom stereocenters. The summed E-state index contributed by atoms with van der Waals surface area (Å²) in [6.07, 6.45) is 0.432. The Bertz CT molecular complexity index is 862. The predicted octanol–water partition coefficient (Wildman–Crippen LogP) is 1.58. The molecule has 1 unspecified atom stereocenters. The maximum absolute atomic E-state index is 12.5. The highest BCUT2D eigenvalue weighted by atomic mass is 16.3. The van der Waals surface area contributed by atoms with E-state index in [0.29, 0.717) is 12.1 Å². The third kappa shape index (κ3) is 6.14. The average Bonchev–Trinajstić information content (AvgIpc) is 2.79. The number of benzene rings is 2. The van der Waals surface area contributed by atoms with Gasteiger partial charge in [0, 0.05) is 64.5 Å². The molecule has 0 bridgehead atoms. The predicted molar refractivity (Wildman–Crippen MR) is 123 cm³/mol. The van der Waals surface area contributed by atoms with E-state index in [1.54, 1.807) is 0 Å². The summed E-state index contributed by atoms with van der Waals surface area (Å²) in [5.41, 5.74) is 4.60. The van der Waals surface area contributed by atoms with Crippen LogP contribution in [0.15, 0.2) is 48.5 Å². The lowest BCUT2D eigenvalue weighted by molar-refractivity contribution is 0.0842. The van der Waals surface area contributed by atoms with Crippen molar-refractivity contribution >= 4 is 5.91 Å². The highest BCUT2D eigenvalue weighted by Crippen LogP contribution is 2.18. The minimum Gasteiger partial charge on any atom is -0.390 e. The highest BCUT2D eigenvalue weighted by molar-refractivity contribution is 5.94. The first-order chi connectivity index (χ1) is 15.1. The van der Waals surface area contributed by atoms with Crippen molar-refractivity contribution in [1.29, 1.82) is 0 Å². The fraction of sp³-hybridized carbons (Fsp3) is 0.480. The molecule has 2 heterocycles. The molecule has 2 aliphatic rings. The normalized spacial score (nSPS) is 19.0. The number of fused-ring (bicyclic) bond motifs is 1. The molecule has 2 aromatic rings. The number of carbonyl (C=O) groups excluding carboxylic acids is 1. The Labute approximate surface area is 185 Å². The van der Waals surface area contributed by atoms with Gasteiger partial charge in [-0.15, -0.1) is 0 Å². The van der Waals surface area contributed by atoms with Crippen LogP contribution >= 0.6 is 0 Å². The first-order valence-electron chi connectivity index (χ1n) is 11.3. The van der Waals surface area contributed by atoms with Gasteiger partial charge in [0.05, 0.1) is 6.10 Å². The molecular weight excluding hydrogens is 388 g/mol. The van der Waals surface area contributed by atoms with Crippen molar-refractivity contribution in [3.8, 4) is 0 Å². The molecule has 0 spiro atoms. The monoisotopic (exact) mass is 422 g/mol. The van der Waals surface area contributed by atoms with Gasteiger partial charge >= 0.3 is 0 Å². The number of rotatable bonds is 7. The lowest BCUT2D eigenvalue weighted by Gasteiger charge is -2.32. The molecule has 166 valence electrons. The molecule has 2 aliphatic heterocycles. The molecule has 31 heavy (non-hydrogen) atoms. The van der Waals surface area contributed by atoms with Gasteiger partial charge in [-0.2, -0.15) is 0 Å². The summed E-state index contributed by atoms with van der Waals surface area (Å²) in [7, 11) is 2.16. The van der Waals surface area contributed by atoms with Gasteiger partial charge in [-0.3, -0.25) is 14.6 Å². The molecule has 4 rings (SSSR count). The van der Waals surface area contributed by atoms with Crippen LogP contribution in [0, 0.1) is 0 Å². The van der Waals surface area contributed by atoms with E-state index in [-0.39, 0.29) is 12.5 Å². The zero-order chi connectivity index (χ0) is 21.6. The molecule has 2 aromatic carbocycles. The van der Waals surface area contributed by atoms with Crippen molar-refractivity contribution in [3.63, 3.8) is 0 Å². The van der Waals surface area contributed by atoms with Crippen LogP contribution in [0.25, 0.3) is 0 Å². The largest absolute Gasteiger partial charge is 0.390 e. The van der Waals surface area contributed by atoms with E-state index in [0.717, 1.165) is 52.2 Å². The number of nitrogens with zero attached hydrogens (tertiary/aromatic N) is 3. The number of likely N-dealkylation sites (N-methyl/N-ethyl adjacent to an activating group) is 1. The number of amides is 1. The SMILES string of the molecule is CN1CCN(Cc2ccc(C(=O)NCC(O)CN3CCc4ccccc4C3)cc2)CC1. The number of nitrogens with one attached hydrogen (secondary N) is 1. The Kier molecular flexibility index (Phi) is 7.35. The lowest BCUT2D eigenvalue weighted by atomic mass is 10.00. The van der Waals surface area contributed by atoms with Gasteiger partial charge in [0.2, 0.25) is 0 Å².